The predicted octanol–water partition coefficient (Wildman–Crippen LogP) is 1.08. The Hall–Kier alpha value is -2.22. The summed E-state index contributed by atoms with van der Waals surface area (Å²) in [5.41, 5.74) is 2.14. The topological polar surface area (TPSA) is 94.1 Å². The number of nitrogens with one attached hydrogen (secondary N) is 1. The summed E-state index contributed by atoms with van der Waals surface area (Å²) in [5.74, 6) is -1.96. The smallest absolute Gasteiger partial charge is 0.360 e. The number of amides is 1. The second kappa shape index (κ2) is 8.85. The van der Waals surface area contributed by atoms with E-state index in [1.54, 1.807) is 31.4 Å². The number of esters is 2. The summed E-state index contributed by atoms with van der Waals surface area (Å²) in [5, 5.41) is 5.51. The SMILES string of the molecule is CCOC(=O)CC(=O)N/N=C(\C(=O)OCC)c1cccs1. The maximum Gasteiger partial charge on any atom is 0.360 e. The van der Waals surface area contributed by atoms with Crippen molar-refractivity contribution in [3.63, 3.8) is 0 Å². The summed E-state index contributed by atoms with van der Waals surface area (Å²) in [4.78, 5) is 35.0. The van der Waals surface area contributed by atoms with Crippen molar-refractivity contribution in [2.24, 2.45) is 5.10 Å². The summed E-state index contributed by atoms with van der Waals surface area (Å²) in [6.45, 7) is 3.70. The Morgan fingerprint density at radius 2 is 1.95 bits per heavy atom. The van der Waals surface area contributed by atoms with E-state index in [2.05, 4.69) is 15.3 Å². The number of carbonyl (C=O) groups is 3. The molecule has 0 saturated heterocycles. The zero-order valence-corrected chi connectivity index (χ0v) is 12.6. The van der Waals surface area contributed by atoms with Crippen molar-refractivity contribution >= 4 is 34.9 Å². The van der Waals surface area contributed by atoms with Gasteiger partial charge in [-0.15, -0.1) is 11.3 Å². The largest absolute Gasteiger partial charge is 0.466 e. The molecular weight excluding hydrogens is 296 g/mol. The average Bonchev–Trinajstić information content (AvgIpc) is 2.93. The van der Waals surface area contributed by atoms with Crippen molar-refractivity contribution in [2.75, 3.05) is 13.2 Å². The zero-order valence-electron chi connectivity index (χ0n) is 11.8. The van der Waals surface area contributed by atoms with Crippen LogP contribution in [-0.2, 0) is 23.9 Å². The van der Waals surface area contributed by atoms with Crippen LogP contribution in [-0.4, -0.2) is 36.8 Å². The average molecular weight is 312 g/mol. The Kier molecular flexibility index (Phi) is 7.10. The maximum absolute atomic E-state index is 11.8. The molecule has 0 aliphatic heterocycles. The number of nitrogens with zero attached hydrogens (tertiary/aromatic N) is 1. The van der Waals surface area contributed by atoms with E-state index < -0.39 is 24.3 Å². The van der Waals surface area contributed by atoms with Gasteiger partial charge >= 0.3 is 11.9 Å². The molecule has 0 saturated carbocycles. The van der Waals surface area contributed by atoms with Gasteiger partial charge < -0.3 is 9.47 Å². The molecule has 0 atom stereocenters. The van der Waals surface area contributed by atoms with Crippen molar-refractivity contribution in [3.05, 3.63) is 22.4 Å². The molecule has 1 amide bonds. The van der Waals surface area contributed by atoms with Gasteiger partial charge in [0.25, 0.3) is 5.91 Å². The number of thiophene rings is 1. The third-order valence-corrected chi connectivity index (χ3v) is 3.00. The van der Waals surface area contributed by atoms with Gasteiger partial charge in [0.15, 0.2) is 5.71 Å². The fourth-order valence-corrected chi connectivity index (χ4v) is 2.02. The third kappa shape index (κ3) is 5.74. The first-order valence-electron chi connectivity index (χ1n) is 6.31. The molecule has 0 aliphatic carbocycles. The van der Waals surface area contributed by atoms with E-state index in [1.807, 2.05) is 0 Å². The van der Waals surface area contributed by atoms with Crippen LogP contribution in [0.25, 0.3) is 0 Å². The number of carbonyl (C=O) groups excluding carboxylic acids is 3. The highest BCUT2D eigenvalue weighted by molar-refractivity contribution is 7.13. The fraction of sp³-hybridized carbons (Fsp3) is 0.385. The van der Waals surface area contributed by atoms with Crippen molar-refractivity contribution in [1.82, 2.24) is 5.43 Å². The number of ether oxygens (including phenoxy) is 2. The van der Waals surface area contributed by atoms with Gasteiger partial charge in [-0.3, -0.25) is 9.59 Å². The Labute approximate surface area is 125 Å². The van der Waals surface area contributed by atoms with Crippen molar-refractivity contribution < 1.29 is 23.9 Å². The van der Waals surface area contributed by atoms with Gasteiger partial charge in [-0.2, -0.15) is 5.10 Å². The van der Waals surface area contributed by atoms with Gasteiger partial charge in [-0.1, -0.05) is 6.07 Å². The lowest BCUT2D eigenvalue weighted by Crippen LogP contribution is -2.27. The Morgan fingerprint density at radius 3 is 2.52 bits per heavy atom. The minimum Gasteiger partial charge on any atom is -0.466 e. The van der Waals surface area contributed by atoms with Crippen LogP contribution in [0.1, 0.15) is 25.1 Å². The molecule has 7 nitrogen and oxygen atoms in total. The summed E-state index contributed by atoms with van der Waals surface area (Å²) in [6, 6.07) is 3.42. The molecule has 8 heteroatoms. The lowest BCUT2D eigenvalue weighted by Gasteiger charge is -2.05. The standard InChI is InChI=1S/C13H16N2O5S/c1-3-19-11(17)8-10(16)14-15-12(13(18)20-4-2)9-6-5-7-21-9/h5-7H,3-4,8H2,1-2H3,(H,14,16)/b15-12-. The van der Waals surface area contributed by atoms with E-state index in [0.717, 1.165) is 0 Å². The Morgan fingerprint density at radius 1 is 1.24 bits per heavy atom. The molecule has 21 heavy (non-hydrogen) atoms. The summed E-state index contributed by atoms with van der Waals surface area (Å²) in [6.07, 6.45) is -0.460. The minimum absolute atomic E-state index is 0.0101. The van der Waals surface area contributed by atoms with Crippen LogP contribution in [0.3, 0.4) is 0 Å². The predicted molar refractivity (Wildman–Crippen MR) is 76.9 cm³/mol. The van der Waals surface area contributed by atoms with E-state index in [9.17, 15) is 14.4 Å². The molecule has 1 N–H and O–H groups in total. The van der Waals surface area contributed by atoms with E-state index in [4.69, 9.17) is 4.74 Å². The minimum atomic E-state index is -0.660. The monoisotopic (exact) mass is 312 g/mol. The lowest BCUT2D eigenvalue weighted by atomic mass is 10.3. The van der Waals surface area contributed by atoms with Gasteiger partial charge in [0.1, 0.15) is 6.42 Å². The molecule has 1 heterocycles. The van der Waals surface area contributed by atoms with Crippen LogP contribution in [0, 0.1) is 0 Å². The molecule has 1 rings (SSSR count). The molecule has 0 aromatic carbocycles. The molecule has 0 aliphatic rings. The van der Waals surface area contributed by atoms with E-state index in [1.165, 1.54) is 11.3 Å². The zero-order chi connectivity index (χ0) is 15.7. The van der Waals surface area contributed by atoms with E-state index in [-0.39, 0.29) is 18.9 Å². The summed E-state index contributed by atoms with van der Waals surface area (Å²) >= 11 is 1.28. The molecule has 0 spiro atoms. The number of hydrogen-bond acceptors (Lipinski definition) is 7. The van der Waals surface area contributed by atoms with Crippen LogP contribution in [0.5, 0.6) is 0 Å². The number of rotatable bonds is 7. The van der Waals surface area contributed by atoms with Gasteiger partial charge in [0.2, 0.25) is 0 Å². The molecule has 114 valence electrons. The van der Waals surface area contributed by atoms with Gasteiger partial charge in [-0.05, 0) is 25.3 Å². The van der Waals surface area contributed by atoms with E-state index >= 15 is 0 Å². The molecular formula is C13H16N2O5S. The van der Waals surface area contributed by atoms with Gasteiger partial charge in [0.05, 0.1) is 18.1 Å². The van der Waals surface area contributed by atoms with Crippen LogP contribution in [0.15, 0.2) is 22.6 Å². The highest BCUT2D eigenvalue weighted by atomic mass is 32.1. The normalized spacial score (nSPS) is 10.9. The molecule has 0 radical (unpaired) electrons. The number of hydrazone groups is 1. The summed E-state index contributed by atoms with van der Waals surface area (Å²) < 4.78 is 9.51. The highest BCUT2D eigenvalue weighted by Gasteiger charge is 2.18. The van der Waals surface area contributed by atoms with Crippen molar-refractivity contribution in [2.45, 2.75) is 20.3 Å². The summed E-state index contributed by atoms with van der Waals surface area (Å²) in [7, 11) is 0. The Balaban J connectivity index is 2.73. The second-order valence-corrected chi connectivity index (χ2v) is 4.62. The van der Waals surface area contributed by atoms with Crippen LogP contribution in [0.2, 0.25) is 0 Å². The number of hydrogen-bond donors (Lipinski definition) is 1. The van der Waals surface area contributed by atoms with Crippen LogP contribution >= 0.6 is 11.3 Å². The van der Waals surface area contributed by atoms with Crippen molar-refractivity contribution in [3.8, 4) is 0 Å². The first kappa shape index (κ1) is 16.8. The molecule has 0 bridgehead atoms. The fourth-order valence-electron chi connectivity index (χ4n) is 1.31. The van der Waals surface area contributed by atoms with E-state index in [0.29, 0.717) is 4.88 Å². The maximum atomic E-state index is 11.8. The Bertz CT molecular complexity index is 525. The second-order valence-electron chi connectivity index (χ2n) is 3.67. The van der Waals surface area contributed by atoms with Gasteiger partial charge in [0, 0.05) is 0 Å². The third-order valence-electron chi connectivity index (χ3n) is 2.13. The first-order chi connectivity index (χ1) is 10.1. The highest BCUT2D eigenvalue weighted by Crippen LogP contribution is 2.11. The lowest BCUT2D eigenvalue weighted by molar-refractivity contribution is -0.146. The van der Waals surface area contributed by atoms with Gasteiger partial charge in [-0.25, -0.2) is 10.2 Å². The van der Waals surface area contributed by atoms with Crippen molar-refractivity contribution in [1.29, 1.82) is 0 Å². The first-order valence-corrected chi connectivity index (χ1v) is 7.19. The molecule has 1 aromatic heterocycles. The quantitative estimate of drug-likeness (QED) is 0.352. The molecule has 0 unspecified atom stereocenters. The molecule has 1 aromatic rings. The molecule has 0 fully saturated rings. The van der Waals surface area contributed by atoms with Crippen LogP contribution in [0.4, 0.5) is 0 Å². The van der Waals surface area contributed by atoms with Crippen LogP contribution < -0.4 is 5.43 Å².